The molecule has 0 saturated carbocycles. The second kappa shape index (κ2) is 12.1. The molecule has 5 nitrogen and oxygen atoms in total. The average Bonchev–Trinajstić information content (AvgIpc) is 2.87. The molecule has 1 aromatic rings. The van der Waals surface area contributed by atoms with Gasteiger partial charge in [-0.3, -0.25) is 9.69 Å². The molecule has 0 radical (unpaired) electrons. The minimum atomic E-state index is -4.49. The molecule has 8 heteroatoms. The number of allylic oxidation sites excluding steroid dienone is 4. The summed E-state index contributed by atoms with van der Waals surface area (Å²) in [7, 11) is 4.61. The molecule has 3 aliphatic rings. The maximum Gasteiger partial charge on any atom is 0.416 e. The molecule has 38 heavy (non-hydrogen) atoms. The van der Waals surface area contributed by atoms with Crippen LogP contribution in [0.1, 0.15) is 54.9 Å². The largest absolute Gasteiger partial charge is 0.416 e. The highest BCUT2D eigenvalue weighted by Gasteiger charge is 2.31. The van der Waals surface area contributed by atoms with Gasteiger partial charge >= 0.3 is 6.18 Å². The normalized spacial score (nSPS) is 21.6. The summed E-state index contributed by atoms with van der Waals surface area (Å²) < 4.78 is 40.7. The quantitative estimate of drug-likeness (QED) is 0.497. The number of alkyl halides is 3. The number of rotatable bonds is 6. The fraction of sp³-hybridized carbons (Fsp3) is 0.567. The third-order valence-corrected chi connectivity index (χ3v) is 8.27. The number of hydrogen-bond donors (Lipinski definition) is 1. The van der Waals surface area contributed by atoms with Gasteiger partial charge in [0.05, 0.1) is 44.1 Å². The summed E-state index contributed by atoms with van der Waals surface area (Å²) in [5, 5.41) is 2.94. The molecule has 1 aromatic carbocycles. The SMILES string of the molecule is CC1=C(N2CCC(CCN3CC[N+](C)(C)CC3)CC2)C(NC(=O)c2cccc(C(F)(F)F)c2)=CC=CCC1. The van der Waals surface area contributed by atoms with Crippen LogP contribution in [0.25, 0.3) is 0 Å². The standard InChI is InChI=1S/C30H41F3N4O/c1-23-8-5-4-6-11-27(34-29(38)25-9-7-10-26(22-25)30(31,32)33)28(23)36-16-13-24(14-17-36)12-15-35-18-20-37(2,3)21-19-35/h4,6-7,9-11,22,24H,5,8,12-21H2,1-3H3/p+1. The first-order chi connectivity index (χ1) is 18.0. The van der Waals surface area contributed by atoms with Crippen molar-refractivity contribution >= 4 is 5.91 Å². The van der Waals surface area contributed by atoms with Crippen molar-refractivity contribution in [3.05, 3.63) is 70.6 Å². The number of benzene rings is 1. The summed E-state index contributed by atoms with van der Waals surface area (Å²) in [6.07, 6.45) is 6.61. The van der Waals surface area contributed by atoms with Crippen LogP contribution < -0.4 is 5.32 Å². The molecule has 2 heterocycles. The van der Waals surface area contributed by atoms with Crippen LogP contribution >= 0.6 is 0 Å². The number of piperazine rings is 1. The van der Waals surface area contributed by atoms with Gasteiger partial charge in [0.1, 0.15) is 0 Å². The van der Waals surface area contributed by atoms with Crippen LogP contribution in [0.3, 0.4) is 0 Å². The van der Waals surface area contributed by atoms with Crippen LogP contribution in [0.2, 0.25) is 0 Å². The van der Waals surface area contributed by atoms with E-state index < -0.39 is 17.6 Å². The van der Waals surface area contributed by atoms with Gasteiger partial charge in [-0.25, -0.2) is 0 Å². The van der Waals surface area contributed by atoms with Crippen molar-refractivity contribution in [1.82, 2.24) is 15.1 Å². The Balaban J connectivity index is 1.40. The summed E-state index contributed by atoms with van der Waals surface area (Å²) in [6, 6.07) is 4.60. The number of nitrogens with zero attached hydrogens (tertiary/aromatic N) is 3. The van der Waals surface area contributed by atoms with Crippen molar-refractivity contribution < 1.29 is 22.4 Å². The van der Waals surface area contributed by atoms with Crippen LogP contribution in [0.4, 0.5) is 13.2 Å². The van der Waals surface area contributed by atoms with Gasteiger partial charge in [0.25, 0.3) is 5.91 Å². The topological polar surface area (TPSA) is 35.6 Å². The molecule has 1 aliphatic carbocycles. The highest BCUT2D eigenvalue weighted by molar-refractivity contribution is 5.96. The first-order valence-electron chi connectivity index (χ1n) is 13.9. The van der Waals surface area contributed by atoms with E-state index in [0.717, 1.165) is 67.6 Å². The molecular weight excluding hydrogens is 489 g/mol. The molecule has 2 fully saturated rings. The number of likely N-dealkylation sites (N-methyl/N-ethyl adjacent to an activating group) is 1. The van der Waals surface area contributed by atoms with Crippen molar-refractivity contribution in [1.29, 1.82) is 0 Å². The molecule has 0 bridgehead atoms. The lowest BCUT2D eigenvalue weighted by molar-refractivity contribution is -0.894. The number of hydrogen-bond acceptors (Lipinski definition) is 3. The Morgan fingerprint density at radius 2 is 1.82 bits per heavy atom. The number of likely N-dealkylation sites (tertiary alicyclic amines) is 1. The summed E-state index contributed by atoms with van der Waals surface area (Å²) >= 11 is 0. The van der Waals surface area contributed by atoms with E-state index in [2.05, 4.69) is 42.2 Å². The minimum absolute atomic E-state index is 0.00220. The average molecular weight is 532 g/mol. The molecule has 0 spiro atoms. The van der Waals surface area contributed by atoms with Gasteiger partial charge in [-0.2, -0.15) is 13.2 Å². The van der Waals surface area contributed by atoms with Crippen molar-refractivity contribution in [2.45, 2.75) is 45.2 Å². The Bertz CT molecular complexity index is 1070. The molecule has 0 aromatic heterocycles. The Hall–Kier alpha value is -2.58. The number of amides is 1. The number of carbonyl (C=O) groups excluding carboxylic acids is 1. The van der Waals surface area contributed by atoms with E-state index in [1.54, 1.807) is 0 Å². The molecule has 208 valence electrons. The Kier molecular flexibility index (Phi) is 9.04. The van der Waals surface area contributed by atoms with Crippen molar-refractivity contribution in [2.24, 2.45) is 5.92 Å². The maximum absolute atomic E-state index is 13.2. The van der Waals surface area contributed by atoms with E-state index >= 15 is 0 Å². The molecular formula is C30H42F3N4O+. The number of nitrogens with one attached hydrogen (secondary N) is 1. The lowest BCUT2D eigenvalue weighted by atomic mass is 9.91. The second-order valence-electron chi connectivity index (χ2n) is 11.7. The summed E-state index contributed by atoms with van der Waals surface area (Å²) in [5.41, 5.74) is 2.05. The van der Waals surface area contributed by atoms with Crippen molar-refractivity contribution in [3.63, 3.8) is 0 Å². The molecule has 0 atom stereocenters. The zero-order valence-corrected chi connectivity index (χ0v) is 23.0. The molecule has 1 amide bonds. The van der Waals surface area contributed by atoms with Gasteiger partial charge in [0.15, 0.2) is 0 Å². The summed E-state index contributed by atoms with van der Waals surface area (Å²) in [4.78, 5) is 18.0. The Labute approximate surface area is 225 Å². The van der Waals surface area contributed by atoms with Crippen LogP contribution in [0, 0.1) is 5.92 Å². The van der Waals surface area contributed by atoms with Crippen LogP contribution in [-0.2, 0) is 6.18 Å². The lowest BCUT2D eigenvalue weighted by Gasteiger charge is -2.40. The van der Waals surface area contributed by atoms with Crippen molar-refractivity contribution in [3.8, 4) is 0 Å². The monoisotopic (exact) mass is 531 g/mol. The van der Waals surface area contributed by atoms with E-state index in [0.29, 0.717) is 11.6 Å². The number of quaternary nitrogens is 1. The highest BCUT2D eigenvalue weighted by atomic mass is 19.4. The van der Waals surface area contributed by atoms with Crippen LogP contribution in [-0.4, -0.2) is 80.1 Å². The van der Waals surface area contributed by atoms with Gasteiger partial charge < -0.3 is 14.7 Å². The minimum Gasteiger partial charge on any atom is -0.370 e. The smallest absolute Gasteiger partial charge is 0.370 e. The predicted octanol–water partition coefficient (Wildman–Crippen LogP) is 5.44. The van der Waals surface area contributed by atoms with Crippen LogP contribution in [0.5, 0.6) is 0 Å². The second-order valence-corrected chi connectivity index (χ2v) is 11.7. The highest BCUT2D eigenvalue weighted by Crippen LogP contribution is 2.31. The van der Waals surface area contributed by atoms with Gasteiger partial charge in [-0.05, 0) is 81.3 Å². The van der Waals surface area contributed by atoms with Crippen molar-refractivity contribution in [2.75, 3.05) is 59.9 Å². The summed E-state index contributed by atoms with van der Waals surface area (Å²) in [5.74, 6) is 0.164. The molecule has 1 N–H and O–H groups in total. The third kappa shape index (κ3) is 7.50. The van der Waals surface area contributed by atoms with E-state index in [1.807, 2.05) is 12.2 Å². The number of carbonyl (C=O) groups is 1. The van der Waals surface area contributed by atoms with E-state index in [9.17, 15) is 18.0 Å². The number of piperidine rings is 1. The Morgan fingerprint density at radius 1 is 1.11 bits per heavy atom. The lowest BCUT2D eigenvalue weighted by Crippen LogP contribution is -2.55. The maximum atomic E-state index is 13.2. The van der Waals surface area contributed by atoms with E-state index in [1.165, 1.54) is 50.3 Å². The number of halogens is 3. The zero-order valence-electron chi connectivity index (χ0n) is 23.0. The molecule has 2 aliphatic heterocycles. The molecule has 0 unspecified atom stereocenters. The van der Waals surface area contributed by atoms with Gasteiger partial charge in [0, 0.05) is 31.7 Å². The fourth-order valence-corrected chi connectivity index (χ4v) is 5.64. The van der Waals surface area contributed by atoms with Gasteiger partial charge in [-0.15, -0.1) is 0 Å². The summed E-state index contributed by atoms with van der Waals surface area (Å²) in [6.45, 7) is 9.86. The van der Waals surface area contributed by atoms with E-state index in [-0.39, 0.29) is 5.56 Å². The molecule has 2 saturated heterocycles. The van der Waals surface area contributed by atoms with Gasteiger partial charge in [0.2, 0.25) is 0 Å². The predicted molar refractivity (Wildman–Crippen MR) is 145 cm³/mol. The van der Waals surface area contributed by atoms with E-state index in [4.69, 9.17) is 0 Å². The molecule has 4 rings (SSSR count). The fourth-order valence-electron chi connectivity index (χ4n) is 5.64. The first kappa shape index (κ1) is 28.4. The van der Waals surface area contributed by atoms with Gasteiger partial charge in [-0.1, -0.05) is 18.2 Å². The zero-order chi connectivity index (χ0) is 27.3. The van der Waals surface area contributed by atoms with Crippen LogP contribution in [0.15, 0.2) is 59.5 Å². The Morgan fingerprint density at radius 3 is 2.50 bits per heavy atom. The first-order valence-corrected chi connectivity index (χ1v) is 13.9. The third-order valence-electron chi connectivity index (χ3n) is 8.27.